The zero-order chi connectivity index (χ0) is 16.1. The van der Waals surface area contributed by atoms with E-state index in [0.29, 0.717) is 25.9 Å². The number of nitrogens with one attached hydrogen (secondary N) is 1. The number of carbonyl (C=O) groups excluding carboxylic acids is 2. The van der Waals surface area contributed by atoms with E-state index in [9.17, 15) is 14.4 Å². The highest BCUT2D eigenvalue weighted by molar-refractivity contribution is 5.85. The predicted molar refractivity (Wildman–Crippen MR) is 80.4 cm³/mol. The molecule has 0 aromatic carbocycles. The first-order valence-electron chi connectivity index (χ1n) is 8.10. The highest BCUT2D eigenvalue weighted by Crippen LogP contribution is 2.20. The van der Waals surface area contributed by atoms with E-state index in [1.54, 1.807) is 11.8 Å². The molecular formula is C15H25N3O4. The van der Waals surface area contributed by atoms with Gasteiger partial charge in [-0.25, -0.2) is 9.59 Å². The summed E-state index contributed by atoms with van der Waals surface area (Å²) in [6, 6.07) is -0.836. The number of likely N-dealkylation sites (tertiary alicyclic amines) is 2. The number of carbonyl (C=O) groups is 3. The molecule has 7 nitrogen and oxygen atoms in total. The molecule has 3 amide bonds. The molecule has 2 unspecified atom stereocenters. The van der Waals surface area contributed by atoms with Crippen molar-refractivity contribution in [2.75, 3.05) is 26.2 Å². The zero-order valence-corrected chi connectivity index (χ0v) is 13.1. The second-order valence-corrected chi connectivity index (χ2v) is 6.07. The highest BCUT2D eigenvalue weighted by Gasteiger charge is 2.32. The molecule has 22 heavy (non-hydrogen) atoms. The van der Waals surface area contributed by atoms with Gasteiger partial charge in [0.25, 0.3) is 0 Å². The van der Waals surface area contributed by atoms with Crippen molar-refractivity contribution in [3.8, 4) is 0 Å². The van der Waals surface area contributed by atoms with Crippen LogP contribution in [0, 0.1) is 5.92 Å². The van der Waals surface area contributed by atoms with Crippen molar-refractivity contribution >= 4 is 17.9 Å². The number of aliphatic carboxylic acids is 1. The Balaban J connectivity index is 1.90. The van der Waals surface area contributed by atoms with Crippen molar-refractivity contribution < 1.29 is 19.5 Å². The molecule has 0 aromatic rings. The van der Waals surface area contributed by atoms with Crippen molar-refractivity contribution in [1.82, 2.24) is 15.1 Å². The quantitative estimate of drug-likeness (QED) is 0.807. The summed E-state index contributed by atoms with van der Waals surface area (Å²) in [7, 11) is 0. The molecule has 0 aromatic heterocycles. The fraction of sp³-hybridized carbons (Fsp3) is 0.800. The molecule has 2 aliphatic heterocycles. The Morgan fingerprint density at radius 2 is 1.77 bits per heavy atom. The molecule has 2 saturated heterocycles. The lowest BCUT2D eigenvalue weighted by atomic mass is 9.97. The van der Waals surface area contributed by atoms with E-state index in [1.807, 2.05) is 4.90 Å². The number of urea groups is 1. The van der Waals surface area contributed by atoms with Crippen LogP contribution in [-0.2, 0) is 9.59 Å². The topological polar surface area (TPSA) is 90.0 Å². The van der Waals surface area contributed by atoms with E-state index < -0.39 is 12.0 Å². The number of hydrogen-bond donors (Lipinski definition) is 2. The van der Waals surface area contributed by atoms with Gasteiger partial charge in [-0.3, -0.25) is 4.79 Å². The minimum Gasteiger partial charge on any atom is -0.480 e. The van der Waals surface area contributed by atoms with Crippen LogP contribution in [0.1, 0.15) is 39.0 Å². The summed E-state index contributed by atoms with van der Waals surface area (Å²) >= 11 is 0. The summed E-state index contributed by atoms with van der Waals surface area (Å²) in [5.74, 6) is -1.58. The van der Waals surface area contributed by atoms with Gasteiger partial charge in [-0.15, -0.1) is 0 Å². The number of carboxylic acid groups (broad SMARTS) is 1. The molecule has 2 heterocycles. The van der Waals surface area contributed by atoms with Gasteiger partial charge < -0.3 is 20.2 Å². The molecule has 2 fully saturated rings. The molecule has 0 bridgehead atoms. The van der Waals surface area contributed by atoms with Crippen LogP contribution in [0.5, 0.6) is 0 Å². The maximum Gasteiger partial charge on any atom is 0.326 e. The first-order chi connectivity index (χ1) is 10.5. The van der Waals surface area contributed by atoms with Crippen LogP contribution in [0.3, 0.4) is 0 Å². The Bertz CT molecular complexity index is 435. The lowest BCUT2D eigenvalue weighted by molar-refractivity contribution is -0.142. The molecule has 2 rings (SSSR count). The predicted octanol–water partition coefficient (Wildman–Crippen LogP) is 0.894. The van der Waals surface area contributed by atoms with Crippen molar-refractivity contribution in [3.05, 3.63) is 0 Å². The summed E-state index contributed by atoms with van der Waals surface area (Å²) in [6.45, 7) is 4.38. The van der Waals surface area contributed by atoms with Crippen LogP contribution >= 0.6 is 0 Å². The van der Waals surface area contributed by atoms with E-state index in [-0.39, 0.29) is 17.9 Å². The first kappa shape index (κ1) is 16.6. The largest absolute Gasteiger partial charge is 0.480 e. The van der Waals surface area contributed by atoms with Gasteiger partial charge in [-0.05, 0) is 32.1 Å². The molecule has 0 radical (unpaired) electrons. The van der Waals surface area contributed by atoms with Gasteiger partial charge in [-0.2, -0.15) is 0 Å². The smallest absolute Gasteiger partial charge is 0.326 e. The third-order valence-corrected chi connectivity index (χ3v) is 4.46. The van der Waals surface area contributed by atoms with Crippen molar-refractivity contribution in [2.24, 2.45) is 5.92 Å². The minimum atomic E-state index is -1.02. The highest BCUT2D eigenvalue weighted by atomic mass is 16.4. The van der Waals surface area contributed by atoms with Crippen LogP contribution in [0.25, 0.3) is 0 Å². The van der Waals surface area contributed by atoms with Gasteiger partial charge in [0.05, 0.1) is 5.92 Å². The number of piperidine rings is 1. The molecule has 0 aliphatic carbocycles. The average Bonchev–Trinajstić information content (AvgIpc) is 3.05. The summed E-state index contributed by atoms with van der Waals surface area (Å²) in [6.07, 6.45) is 3.91. The van der Waals surface area contributed by atoms with Crippen LogP contribution in [0.2, 0.25) is 0 Å². The van der Waals surface area contributed by atoms with Crippen molar-refractivity contribution in [1.29, 1.82) is 0 Å². The minimum absolute atomic E-state index is 0.0141. The van der Waals surface area contributed by atoms with Crippen molar-refractivity contribution in [2.45, 2.75) is 45.1 Å². The molecule has 0 spiro atoms. The zero-order valence-electron chi connectivity index (χ0n) is 13.1. The Labute approximate surface area is 130 Å². The van der Waals surface area contributed by atoms with Crippen LogP contribution in [0.15, 0.2) is 0 Å². The van der Waals surface area contributed by atoms with Gasteiger partial charge in [0.1, 0.15) is 6.04 Å². The normalized spacial score (nSPS) is 23.2. The van der Waals surface area contributed by atoms with Gasteiger partial charge >= 0.3 is 12.0 Å². The third kappa shape index (κ3) is 3.90. The summed E-state index contributed by atoms with van der Waals surface area (Å²) < 4.78 is 0. The molecule has 7 heteroatoms. The third-order valence-electron chi connectivity index (χ3n) is 4.46. The van der Waals surface area contributed by atoms with Gasteiger partial charge in [0, 0.05) is 26.2 Å². The van der Waals surface area contributed by atoms with Gasteiger partial charge in [-0.1, -0.05) is 6.92 Å². The van der Waals surface area contributed by atoms with Crippen LogP contribution in [0.4, 0.5) is 4.79 Å². The number of hydrogen-bond acceptors (Lipinski definition) is 3. The fourth-order valence-corrected chi connectivity index (χ4v) is 3.10. The summed E-state index contributed by atoms with van der Waals surface area (Å²) in [5.41, 5.74) is 0. The maximum absolute atomic E-state index is 12.4. The Hall–Kier alpha value is -1.79. The van der Waals surface area contributed by atoms with Crippen LogP contribution in [-0.4, -0.2) is 65.0 Å². The molecule has 2 aliphatic rings. The summed E-state index contributed by atoms with van der Waals surface area (Å²) in [5, 5.41) is 11.6. The van der Waals surface area contributed by atoms with Crippen molar-refractivity contribution in [3.63, 3.8) is 0 Å². The summed E-state index contributed by atoms with van der Waals surface area (Å²) in [4.78, 5) is 39.2. The number of carboxylic acids is 1. The number of rotatable bonds is 4. The van der Waals surface area contributed by atoms with E-state index in [4.69, 9.17) is 5.11 Å². The standard InChI is InChI=1S/C15H25N3O4/c1-2-12(14(20)21)16-13(19)11-6-5-9-18(10-11)15(22)17-7-3-4-8-17/h11-12H,2-10H2,1H3,(H,16,19)(H,20,21). The maximum atomic E-state index is 12.4. The Morgan fingerprint density at radius 3 is 2.36 bits per heavy atom. The number of nitrogens with zero attached hydrogens (tertiary/aromatic N) is 2. The molecular weight excluding hydrogens is 286 g/mol. The lowest BCUT2D eigenvalue weighted by Gasteiger charge is -2.35. The Morgan fingerprint density at radius 1 is 1.14 bits per heavy atom. The average molecular weight is 311 g/mol. The van der Waals surface area contributed by atoms with E-state index in [0.717, 1.165) is 32.4 Å². The monoisotopic (exact) mass is 311 g/mol. The number of amides is 3. The molecule has 124 valence electrons. The van der Waals surface area contributed by atoms with Gasteiger partial charge in [0.15, 0.2) is 0 Å². The first-order valence-corrected chi connectivity index (χ1v) is 8.10. The Kier molecular flexibility index (Phi) is 5.63. The lowest BCUT2D eigenvalue weighted by Crippen LogP contribution is -2.51. The molecule has 2 N–H and O–H groups in total. The van der Waals surface area contributed by atoms with E-state index in [2.05, 4.69) is 5.32 Å². The van der Waals surface area contributed by atoms with E-state index in [1.165, 1.54) is 0 Å². The second kappa shape index (κ2) is 7.47. The fourth-order valence-electron chi connectivity index (χ4n) is 3.10. The second-order valence-electron chi connectivity index (χ2n) is 6.07. The SMILES string of the molecule is CCC(NC(=O)C1CCCN(C(=O)N2CCCC2)C1)C(=O)O. The van der Waals surface area contributed by atoms with Gasteiger partial charge in [0.2, 0.25) is 5.91 Å². The van der Waals surface area contributed by atoms with Crippen LogP contribution < -0.4 is 5.32 Å². The van der Waals surface area contributed by atoms with E-state index >= 15 is 0 Å². The molecule has 0 saturated carbocycles. The molecule has 2 atom stereocenters.